The second-order valence-electron chi connectivity index (χ2n) is 5.12. The minimum absolute atomic E-state index is 0.0169. The zero-order valence-electron chi connectivity index (χ0n) is 14.8. The van der Waals surface area contributed by atoms with E-state index in [1.807, 2.05) is 11.9 Å². The summed E-state index contributed by atoms with van der Waals surface area (Å²) in [5, 5.41) is 9.54. The highest BCUT2D eigenvalue weighted by Crippen LogP contribution is 2.30. The van der Waals surface area contributed by atoms with E-state index >= 15 is 0 Å². The molecule has 0 saturated carbocycles. The van der Waals surface area contributed by atoms with Crippen LogP contribution < -0.4 is 26.1 Å². The summed E-state index contributed by atoms with van der Waals surface area (Å²) < 4.78 is 11.0. The monoisotopic (exact) mass is 393 g/mol. The largest absolute Gasteiger partial charge is 0.493 e. The van der Waals surface area contributed by atoms with Crippen LogP contribution in [-0.4, -0.2) is 46.8 Å². The van der Waals surface area contributed by atoms with E-state index in [1.165, 1.54) is 6.21 Å². The molecule has 0 aliphatic rings. The van der Waals surface area contributed by atoms with Crippen molar-refractivity contribution in [3.63, 3.8) is 0 Å². The maximum atomic E-state index is 11.9. The van der Waals surface area contributed by atoms with E-state index in [2.05, 4.69) is 20.7 Å². The molecule has 0 saturated heterocycles. The molecule has 0 aliphatic carbocycles. The lowest BCUT2D eigenvalue weighted by atomic mass is 10.2. The summed E-state index contributed by atoms with van der Waals surface area (Å²) >= 11 is 0.875. The summed E-state index contributed by atoms with van der Waals surface area (Å²) in [6, 6.07) is 5.33. The van der Waals surface area contributed by atoms with Gasteiger partial charge in [0.15, 0.2) is 16.5 Å². The van der Waals surface area contributed by atoms with E-state index in [9.17, 15) is 14.4 Å². The molecule has 10 nitrogen and oxygen atoms in total. The second kappa shape index (κ2) is 10.2. The van der Waals surface area contributed by atoms with Crippen LogP contribution >= 0.6 is 11.8 Å². The quantitative estimate of drug-likeness (QED) is 0.320. The predicted octanol–water partition coefficient (Wildman–Crippen LogP) is 0.498. The molecule has 2 rings (SSSR count). The Hall–Kier alpha value is -3.08. The van der Waals surface area contributed by atoms with Crippen LogP contribution in [0.15, 0.2) is 37.9 Å². The Balaban J connectivity index is 1.97. The molecule has 0 unspecified atom stereocenters. The maximum Gasteiger partial charge on any atom is 0.342 e. The van der Waals surface area contributed by atoms with Crippen molar-refractivity contribution < 1.29 is 14.3 Å². The molecule has 27 heavy (non-hydrogen) atoms. The minimum atomic E-state index is -0.710. The van der Waals surface area contributed by atoms with Gasteiger partial charge in [-0.1, -0.05) is 24.8 Å². The van der Waals surface area contributed by atoms with E-state index < -0.39 is 17.2 Å². The van der Waals surface area contributed by atoms with Gasteiger partial charge in [-0.3, -0.25) is 14.6 Å². The number of nitrogens with zero attached hydrogens (tertiary/aromatic N) is 2. The lowest BCUT2D eigenvalue weighted by molar-refractivity contribution is -0.118. The number of hydrogen-bond acceptors (Lipinski definition) is 8. The van der Waals surface area contributed by atoms with Gasteiger partial charge in [-0.05, 0) is 18.6 Å². The number of benzene rings is 1. The summed E-state index contributed by atoms with van der Waals surface area (Å²) in [6.45, 7) is 2.51. The van der Waals surface area contributed by atoms with Crippen molar-refractivity contribution in [3.05, 3.63) is 44.6 Å². The summed E-state index contributed by atoms with van der Waals surface area (Å²) in [4.78, 5) is 36.3. The number of methoxy groups -OCH3 is 1. The standard InChI is InChI=1S/C16H19N5O5S/c1-3-7-26-13-10(5-4-6-11(13)25-2)8-17-19-12(22)9-27-15-14(23)18-16(24)21-20-15/h4-6,8H,3,7,9H2,1-2H3,(H,19,22)(H2,18,21,23,24)/b17-8+. The SMILES string of the molecule is CCCOc1c(/C=N/NC(=O)CSc2n[nH]c(=O)[nH]c2=O)cccc1OC. The van der Waals surface area contributed by atoms with E-state index in [0.717, 1.165) is 18.2 Å². The third-order valence-corrected chi connectivity index (χ3v) is 4.05. The summed E-state index contributed by atoms with van der Waals surface area (Å²) in [5.41, 5.74) is 1.63. The number of aromatic nitrogens is 3. The molecule has 0 aliphatic heterocycles. The smallest absolute Gasteiger partial charge is 0.342 e. The lowest BCUT2D eigenvalue weighted by Gasteiger charge is -2.12. The first-order chi connectivity index (χ1) is 13.0. The number of hydrazone groups is 1. The molecule has 11 heteroatoms. The van der Waals surface area contributed by atoms with Crippen molar-refractivity contribution in [1.82, 2.24) is 20.6 Å². The lowest BCUT2D eigenvalue weighted by Crippen LogP contribution is -2.26. The zero-order chi connectivity index (χ0) is 19.6. The number of aromatic amines is 2. The number of ether oxygens (including phenoxy) is 2. The van der Waals surface area contributed by atoms with Crippen LogP contribution in [0.2, 0.25) is 0 Å². The highest BCUT2D eigenvalue weighted by Gasteiger charge is 2.10. The Bertz CT molecular complexity index is 924. The number of nitrogens with one attached hydrogen (secondary N) is 3. The number of para-hydroxylation sites is 1. The van der Waals surface area contributed by atoms with Gasteiger partial charge in [-0.25, -0.2) is 15.3 Å². The van der Waals surface area contributed by atoms with Gasteiger partial charge in [0.25, 0.3) is 5.56 Å². The van der Waals surface area contributed by atoms with Crippen LogP contribution in [0.3, 0.4) is 0 Å². The molecule has 0 atom stereocenters. The molecule has 1 amide bonds. The number of carbonyl (C=O) groups excluding carboxylic acids is 1. The van der Waals surface area contributed by atoms with Crippen molar-refractivity contribution in [2.24, 2.45) is 5.10 Å². The number of rotatable bonds is 9. The summed E-state index contributed by atoms with van der Waals surface area (Å²) in [7, 11) is 1.54. The van der Waals surface area contributed by atoms with Gasteiger partial charge in [-0.2, -0.15) is 10.2 Å². The molecule has 144 valence electrons. The van der Waals surface area contributed by atoms with Gasteiger partial charge in [0.05, 0.1) is 25.7 Å². The number of carbonyl (C=O) groups is 1. The highest BCUT2D eigenvalue weighted by atomic mass is 32.2. The Morgan fingerprint density at radius 3 is 2.93 bits per heavy atom. The summed E-state index contributed by atoms with van der Waals surface area (Å²) in [5.74, 6) is 0.565. The number of hydrogen-bond donors (Lipinski definition) is 3. The minimum Gasteiger partial charge on any atom is -0.493 e. The van der Waals surface area contributed by atoms with Crippen molar-refractivity contribution in [2.75, 3.05) is 19.5 Å². The normalized spacial score (nSPS) is 10.7. The number of H-pyrrole nitrogens is 2. The Labute approximate surface area is 158 Å². The Kier molecular flexibility index (Phi) is 7.62. The first-order valence-corrected chi connectivity index (χ1v) is 8.97. The third-order valence-electron chi connectivity index (χ3n) is 3.09. The first kappa shape index (κ1) is 20.2. The van der Waals surface area contributed by atoms with Crippen molar-refractivity contribution >= 4 is 23.9 Å². The summed E-state index contributed by atoms with van der Waals surface area (Å²) in [6.07, 6.45) is 2.28. The Morgan fingerprint density at radius 2 is 2.22 bits per heavy atom. The maximum absolute atomic E-state index is 11.9. The van der Waals surface area contributed by atoms with Crippen molar-refractivity contribution in [1.29, 1.82) is 0 Å². The van der Waals surface area contributed by atoms with Gasteiger partial charge in [0, 0.05) is 5.56 Å². The third kappa shape index (κ3) is 5.99. The first-order valence-electron chi connectivity index (χ1n) is 7.98. The average molecular weight is 393 g/mol. The van der Waals surface area contributed by atoms with Gasteiger partial charge < -0.3 is 9.47 Å². The van der Waals surface area contributed by atoms with Gasteiger partial charge in [-0.15, -0.1) is 0 Å². The predicted molar refractivity (Wildman–Crippen MR) is 101 cm³/mol. The van der Waals surface area contributed by atoms with Crippen LogP contribution in [0, 0.1) is 0 Å². The van der Waals surface area contributed by atoms with E-state index in [1.54, 1.807) is 25.3 Å². The molecule has 2 aromatic rings. The molecule has 0 fully saturated rings. The Morgan fingerprint density at radius 1 is 1.41 bits per heavy atom. The van der Waals surface area contributed by atoms with Crippen molar-refractivity contribution in [3.8, 4) is 11.5 Å². The number of thioether (sulfide) groups is 1. The molecule has 1 aromatic heterocycles. The van der Waals surface area contributed by atoms with Gasteiger partial charge >= 0.3 is 5.69 Å². The van der Waals surface area contributed by atoms with Gasteiger partial charge in [0.2, 0.25) is 5.91 Å². The molecule has 0 radical (unpaired) electrons. The van der Waals surface area contributed by atoms with Crippen LogP contribution in [0.25, 0.3) is 0 Å². The molecule has 0 bridgehead atoms. The fraction of sp³-hybridized carbons (Fsp3) is 0.312. The second-order valence-corrected chi connectivity index (χ2v) is 6.08. The van der Waals surface area contributed by atoms with E-state index in [0.29, 0.717) is 23.7 Å². The molecule has 3 N–H and O–H groups in total. The van der Waals surface area contributed by atoms with E-state index in [-0.39, 0.29) is 10.8 Å². The zero-order valence-corrected chi connectivity index (χ0v) is 15.6. The van der Waals surface area contributed by atoms with Crippen LogP contribution in [0.1, 0.15) is 18.9 Å². The fourth-order valence-corrected chi connectivity index (χ4v) is 2.55. The average Bonchev–Trinajstić information content (AvgIpc) is 2.66. The molecule has 1 heterocycles. The highest BCUT2D eigenvalue weighted by molar-refractivity contribution is 7.99. The number of amides is 1. The fourth-order valence-electron chi connectivity index (χ4n) is 1.93. The van der Waals surface area contributed by atoms with Crippen LogP contribution in [-0.2, 0) is 4.79 Å². The van der Waals surface area contributed by atoms with Crippen LogP contribution in [0.5, 0.6) is 11.5 Å². The van der Waals surface area contributed by atoms with Gasteiger partial charge in [0.1, 0.15) is 0 Å². The molecular formula is C16H19N5O5S. The molecule has 1 aromatic carbocycles. The molecular weight excluding hydrogens is 374 g/mol. The van der Waals surface area contributed by atoms with E-state index in [4.69, 9.17) is 9.47 Å². The topological polar surface area (TPSA) is 139 Å². The molecule has 0 spiro atoms. The van der Waals surface area contributed by atoms with Crippen molar-refractivity contribution in [2.45, 2.75) is 18.4 Å². The van der Waals surface area contributed by atoms with Crippen LogP contribution in [0.4, 0.5) is 0 Å².